The minimum atomic E-state index is 0.313. The van der Waals surface area contributed by atoms with E-state index in [1.165, 1.54) is 38.5 Å². The first kappa shape index (κ1) is 18.0. The van der Waals surface area contributed by atoms with Gasteiger partial charge in [-0.2, -0.15) is 0 Å². The Bertz CT molecular complexity index is 458. The van der Waals surface area contributed by atoms with Gasteiger partial charge >= 0.3 is 0 Å². The topological polar surface area (TPSA) is 27.7 Å². The molecule has 0 bridgehead atoms. The summed E-state index contributed by atoms with van der Waals surface area (Å²) in [6.07, 6.45) is 9.09. The van der Waals surface area contributed by atoms with E-state index in [4.69, 9.17) is 14.2 Å². The molecule has 2 atom stereocenters. The van der Waals surface area contributed by atoms with E-state index < -0.39 is 0 Å². The third kappa shape index (κ3) is 5.96. The smallest absolute Gasteiger partial charge is 0.231 e. The first-order valence-corrected chi connectivity index (χ1v) is 9.25. The number of hydrogen-bond acceptors (Lipinski definition) is 3. The van der Waals surface area contributed by atoms with Crippen LogP contribution in [0, 0.1) is 11.8 Å². The van der Waals surface area contributed by atoms with Crippen LogP contribution in [0.3, 0.4) is 0 Å². The molecular formula is C20H32O3. The molecule has 1 aliphatic heterocycles. The van der Waals surface area contributed by atoms with E-state index in [-0.39, 0.29) is 0 Å². The lowest BCUT2D eigenvalue weighted by molar-refractivity contribution is 0.173. The monoisotopic (exact) mass is 320 g/mol. The maximum absolute atomic E-state index is 5.85. The Morgan fingerprint density at radius 1 is 1.00 bits per heavy atom. The Labute approximate surface area is 141 Å². The van der Waals surface area contributed by atoms with Gasteiger partial charge in [-0.15, -0.1) is 0 Å². The minimum absolute atomic E-state index is 0.313. The van der Waals surface area contributed by atoms with Crippen molar-refractivity contribution in [3.05, 3.63) is 18.2 Å². The summed E-state index contributed by atoms with van der Waals surface area (Å²) in [6.45, 7) is 8.05. The molecule has 0 saturated heterocycles. The molecule has 0 radical (unpaired) electrons. The van der Waals surface area contributed by atoms with Crippen molar-refractivity contribution < 1.29 is 14.2 Å². The minimum Gasteiger partial charge on any atom is -0.493 e. The fourth-order valence-electron chi connectivity index (χ4n) is 3.04. The van der Waals surface area contributed by atoms with E-state index in [1.54, 1.807) is 0 Å². The van der Waals surface area contributed by atoms with E-state index in [1.807, 2.05) is 18.2 Å². The molecule has 0 fully saturated rings. The van der Waals surface area contributed by atoms with Crippen LogP contribution in [0.5, 0.6) is 17.2 Å². The summed E-state index contributed by atoms with van der Waals surface area (Å²) in [5, 5.41) is 0. The van der Waals surface area contributed by atoms with Crippen LogP contribution in [0.1, 0.15) is 65.7 Å². The van der Waals surface area contributed by atoms with Crippen molar-refractivity contribution in [1.29, 1.82) is 0 Å². The van der Waals surface area contributed by atoms with Gasteiger partial charge in [-0.3, -0.25) is 0 Å². The highest BCUT2D eigenvalue weighted by Gasteiger charge is 2.13. The zero-order valence-electron chi connectivity index (χ0n) is 15.0. The standard InChI is InChI=1S/C20H32O3/c1-4-16(3)8-6-9-17(5-2)10-7-13-21-18-11-12-19-20(14-18)23-15-22-19/h11-12,14,16-17H,4-10,13,15H2,1-3H3. The lowest BCUT2D eigenvalue weighted by Gasteiger charge is -2.16. The van der Waals surface area contributed by atoms with Crippen LogP contribution >= 0.6 is 0 Å². The summed E-state index contributed by atoms with van der Waals surface area (Å²) >= 11 is 0. The SMILES string of the molecule is CCC(C)CCCC(CC)CCCOc1ccc2c(c1)OCO2. The molecule has 23 heavy (non-hydrogen) atoms. The molecule has 0 N–H and O–H groups in total. The van der Waals surface area contributed by atoms with Gasteiger partial charge in [0.05, 0.1) is 6.61 Å². The Morgan fingerprint density at radius 3 is 2.57 bits per heavy atom. The normalized spacial score (nSPS) is 15.4. The molecule has 0 aromatic heterocycles. The van der Waals surface area contributed by atoms with E-state index in [0.29, 0.717) is 6.79 Å². The van der Waals surface area contributed by atoms with E-state index >= 15 is 0 Å². The summed E-state index contributed by atoms with van der Waals surface area (Å²) in [7, 11) is 0. The Hall–Kier alpha value is -1.38. The number of hydrogen-bond donors (Lipinski definition) is 0. The number of ether oxygens (including phenoxy) is 3. The van der Waals surface area contributed by atoms with Gasteiger partial charge in [0.25, 0.3) is 0 Å². The molecule has 1 aromatic carbocycles. The summed E-state index contributed by atoms with van der Waals surface area (Å²) in [4.78, 5) is 0. The van der Waals surface area contributed by atoms with Crippen molar-refractivity contribution in [2.75, 3.05) is 13.4 Å². The molecule has 130 valence electrons. The van der Waals surface area contributed by atoms with Gasteiger partial charge in [0.1, 0.15) is 5.75 Å². The maximum Gasteiger partial charge on any atom is 0.231 e. The predicted octanol–water partition coefficient (Wildman–Crippen LogP) is 5.82. The fraction of sp³-hybridized carbons (Fsp3) is 0.700. The molecule has 2 rings (SSSR count). The van der Waals surface area contributed by atoms with Crippen LogP contribution in [0.25, 0.3) is 0 Å². The number of benzene rings is 1. The Kier molecular flexibility index (Phi) is 7.57. The van der Waals surface area contributed by atoms with E-state index in [2.05, 4.69) is 20.8 Å². The van der Waals surface area contributed by atoms with Crippen molar-refractivity contribution in [3.8, 4) is 17.2 Å². The Balaban J connectivity index is 1.61. The zero-order chi connectivity index (χ0) is 16.5. The second-order valence-electron chi connectivity index (χ2n) is 6.72. The van der Waals surface area contributed by atoms with Gasteiger partial charge < -0.3 is 14.2 Å². The number of rotatable bonds is 11. The third-order valence-electron chi connectivity index (χ3n) is 4.95. The van der Waals surface area contributed by atoms with Crippen LogP contribution in [-0.4, -0.2) is 13.4 Å². The van der Waals surface area contributed by atoms with E-state index in [9.17, 15) is 0 Å². The first-order chi connectivity index (χ1) is 11.2. The molecule has 3 heteroatoms. The maximum atomic E-state index is 5.85. The van der Waals surface area contributed by atoms with Gasteiger partial charge in [-0.25, -0.2) is 0 Å². The second-order valence-corrected chi connectivity index (χ2v) is 6.72. The molecular weight excluding hydrogens is 288 g/mol. The summed E-state index contributed by atoms with van der Waals surface area (Å²) < 4.78 is 16.5. The van der Waals surface area contributed by atoms with Crippen LogP contribution in [-0.2, 0) is 0 Å². The third-order valence-corrected chi connectivity index (χ3v) is 4.95. The van der Waals surface area contributed by atoms with Gasteiger partial charge in [0.2, 0.25) is 6.79 Å². The van der Waals surface area contributed by atoms with Gasteiger partial charge in [0.15, 0.2) is 11.5 Å². The van der Waals surface area contributed by atoms with E-state index in [0.717, 1.165) is 42.1 Å². The van der Waals surface area contributed by atoms with Crippen molar-refractivity contribution in [2.24, 2.45) is 11.8 Å². The van der Waals surface area contributed by atoms with Gasteiger partial charge in [-0.1, -0.05) is 52.9 Å². The summed E-state index contributed by atoms with van der Waals surface area (Å²) in [5.41, 5.74) is 0. The van der Waals surface area contributed by atoms with Crippen molar-refractivity contribution in [3.63, 3.8) is 0 Å². The van der Waals surface area contributed by atoms with Gasteiger partial charge in [-0.05, 0) is 36.8 Å². The molecule has 1 aliphatic rings. The Morgan fingerprint density at radius 2 is 1.78 bits per heavy atom. The first-order valence-electron chi connectivity index (χ1n) is 9.25. The van der Waals surface area contributed by atoms with Gasteiger partial charge in [0, 0.05) is 6.07 Å². The van der Waals surface area contributed by atoms with Crippen molar-refractivity contribution >= 4 is 0 Å². The molecule has 0 aliphatic carbocycles. The van der Waals surface area contributed by atoms with Crippen LogP contribution < -0.4 is 14.2 Å². The molecule has 0 spiro atoms. The molecule has 2 unspecified atom stereocenters. The molecule has 1 heterocycles. The zero-order valence-corrected chi connectivity index (χ0v) is 15.0. The quantitative estimate of drug-likeness (QED) is 0.481. The van der Waals surface area contributed by atoms with Crippen LogP contribution in [0.2, 0.25) is 0 Å². The highest BCUT2D eigenvalue weighted by Crippen LogP contribution is 2.35. The van der Waals surface area contributed by atoms with Crippen LogP contribution in [0.15, 0.2) is 18.2 Å². The molecule has 3 nitrogen and oxygen atoms in total. The lowest BCUT2D eigenvalue weighted by atomic mass is 9.91. The van der Waals surface area contributed by atoms with Crippen molar-refractivity contribution in [2.45, 2.75) is 65.7 Å². The summed E-state index contributed by atoms with van der Waals surface area (Å²) in [5.74, 6) is 4.20. The lowest BCUT2D eigenvalue weighted by Crippen LogP contribution is -2.05. The fourth-order valence-corrected chi connectivity index (χ4v) is 3.04. The molecule has 0 amide bonds. The number of fused-ring (bicyclic) bond motifs is 1. The predicted molar refractivity (Wildman–Crippen MR) is 94.4 cm³/mol. The summed E-state index contributed by atoms with van der Waals surface area (Å²) in [6, 6.07) is 5.80. The second kappa shape index (κ2) is 9.69. The van der Waals surface area contributed by atoms with Crippen molar-refractivity contribution in [1.82, 2.24) is 0 Å². The van der Waals surface area contributed by atoms with Crippen LogP contribution in [0.4, 0.5) is 0 Å². The average molecular weight is 320 g/mol. The molecule has 1 aromatic rings. The highest BCUT2D eigenvalue weighted by molar-refractivity contribution is 5.46. The highest BCUT2D eigenvalue weighted by atomic mass is 16.7. The largest absolute Gasteiger partial charge is 0.493 e. The molecule has 0 saturated carbocycles. The average Bonchev–Trinajstić information content (AvgIpc) is 3.04.